The number of benzene rings is 1. The molecule has 7 heteroatoms. The van der Waals surface area contributed by atoms with Crippen molar-refractivity contribution in [2.24, 2.45) is 0 Å². The highest BCUT2D eigenvalue weighted by Crippen LogP contribution is 2.28. The van der Waals surface area contributed by atoms with Crippen LogP contribution in [0.1, 0.15) is 35.6 Å². The Morgan fingerprint density at radius 2 is 2.00 bits per heavy atom. The van der Waals surface area contributed by atoms with Gasteiger partial charge >= 0.3 is 0 Å². The van der Waals surface area contributed by atoms with Crippen LogP contribution < -0.4 is 14.8 Å². The molecule has 6 nitrogen and oxygen atoms in total. The second-order valence-corrected chi connectivity index (χ2v) is 6.65. The molecule has 0 aliphatic heterocycles. The van der Waals surface area contributed by atoms with E-state index in [2.05, 4.69) is 10.3 Å². The van der Waals surface area contributed by atoms with Gasteiger partial charge in [0.25, 0.3) is 5.91 Å². The number of imidazole rings is 1. The molecule has 1 aromatic carbocycles. The van der Waals surface area contributed by atoms with Crippen molar-refractivity contribution in [1.29, 1.82) is 0 Å². The van der Waals surface area contributed by atoms with Gasteiger partial charge in [0.15, 0.2) is 16.5 Å². The highest BCUT2D eigenvalue weighted by Gasteiger charge is 2.12. The summed E-state index contributed by atoms with van der Waals surface area (Å²) in [5.74, 6) is 1.33. The summed E-state index contributed by atoms with van der Waals surface area (Å²) in [4.78, 5) is 17.5. The molecule has 2 aromatic heterocycles. The largest absolute Gasteiger partial charge is 0.490 e. The van der Waals surface area contributed by atoms with Crippen LogP contribution in [0, 0.1) is 6.92 Å². The summed E-state index contributed by atoms with van der Waals surface area (Å²) < 4.78 is 13.1. The normalized spacial score (nSPS) is 10.9. The molecule has 2 heterocycles. The van der Waals surface area contributed by atoms with Crippen molar-refractivity contribution in [3.8, 4) is 11.5 Å². The molecular formula is C19H23N3O3S. The van der Waals surface area contributed by atoms with Gasteiger partial charge in [-0.2, -0.15) is 0 Å². The Bertz CT molecular complexity index is 901. The number of ether oxygens (including phenoxy) is 2. The zero-order chi connectivity index (χ0) is 18.5. The SMILES string of the molecule is CCOc1ccc(CCNC(=O)c2cn3c(C)csc3n2)cc1OCC. The molecule has 3 rings (SSSR count). The molecule has 0 atom stereocenters. The number of aryl methyl sites for hydroxylation is 1. The van der Waals surface area contributed by atoms with E-state index in [-0.39, 0.29) is 5.91 Å². The summed E-state index contributed by atoms with van der Waals surface area (Å²) in [6.45, 7) is 7.59. The summed E-state index contributed by atoms with van der Waals surface area (Å²) in [7, 11) is 0. The van der Waals surface area contributed by atoms with Crippen molar-refractivity contribution in [2.75, 3.05) is 19.8 Å². The van der Waals surface area contributed by atoms with Gasteiger partial charge in [0.1, 0.15) is 5.69 Å². The number of hydrogen-bond acceptors (Lipinski definition) is 5. The molecule has 1 N–H and O–H groups in total. The van der Waals surface area contributed by atoms with Gasteiger partial charge in [0, 0.05) is 23.8 Å². The van der Waals surface area contributed by atoms with Crippen LogP contribution in [0.4, 0.5) is 0 Å². The predicted octanol–water partition coefficient (Wildman–Crippen LogP) is 3.47. The van der Waals surface area contributed by atoms with E-state index in [9.17, 15) is 4.79 Å². The highest BCUT2D eigenvalue weighted by molar-refractivity contribution is 7.15. The van der Waals surface area contributed by atoms with Crippen LogP contribution in [0.15, 0.2) is 29.8 Å². The first-order valence-electron chi connectivity index (χ1n) is 8.72. The maximum atomic E-state index is 12.3. The standard InChI is InChI=1S/C19H23N3O3S/c1-4-24-16-7-6-14(10-17(16)25-5-2)8-9-20-18(23)15-11-22-13(3)12-26-19(22)21-15/h6-7,10-12H,4-5,8-9H2,1-3H3,(H,20,23). The van der Waals surface area contributed by atoms with E-state index in [1.54, 1.807) is 6.20 Å². The van der Waals surface area contributed by atoms with Crippen LogP contribution in [0.5, 0.6) is 11.5 Å². The third-order valence-electron chi connectivity index (χ3n) is 3.93. The first kappa shape index (κ1) is 18.3. The molecule has 0 radical (unpaired) electrons. The lowest BCUT2D eigenvalue weighted by molar-refractivity contribution is 0.0950. The Morgan fingerprint density at radius 1 is 1.23 bits per heavy atom. The molecule has 0 unspecified atom stereocenters. The van der Waals surface area contributed by atoms with Gasteiger partial charge in [-0.1, -0.05) is 6.07 Å². The molecule has 0 spiro atoms. The number of nitrogens with one attached hydrogen (secondary N) is 1. The summed E-state index contributed by atoms with van der Waals surface area (Å²) in [6, 6.07) is 5.88. The first-order valence-corrected chi connectivity index (χ1v) is 9.60. The molecule has 0 bridgehead atoms. The summed E-state index contributed by atoms with van der Waals surface area (Å²) in [6.07, 6.45) is 2.49. The van der Waals surface area contributed by atoms with Crippen LogP contribution in [0.2, 0.25) is 0 Å². The van der Waals surface area contributed by atoms with E-state index in [4.69, 9.17) is 9.47 Å². The van der Waals surface area contributed by atoms with E-state index in [1.807, 2.05) is 48.8 Å². The number of carbonyl (C=O) groups excluding carboxylic acids is 1. The molecule has 0 aliphatic carbocycles. The molecule has 138 valence electrons. The minimum Gasteiger partial charge on any atom is -0.490 e. The van der Waals surface area contributed by atoms with Crippen LogP contribution in [-0.4, -0.2) is 35.1 Å². The molecule has 1 amide bonds. The number of rotatable bonds is 8. The van der Waals surface area contributed by atoms with Crippen molar-refractivity contribution < 1.29 is 14.3 Å². The van der Waals surface area contributed by atoms with Gasteiger partial charge < -0.3 is 14.8 Å². The van der Waals surface area contributed by atoms with Gasteiger partial charge in [-0.05, 0) is 44.9 Å². The minimum atomic E-state index is -0.156. The third kappa shape index (κ3) is 3.99. The van der Waals surface area contributed by atoms with Crippen molar-refractivity contribution in [1.82, 2.24) is 14.7 Å². The first-order chi connectivity index (χ1) is 12.6. The van der Waals surface area contributed by atoms with E-state index in [1.165, 1.54) is 11.3 Å². The number of hydrogen-bond donors (Lipinski definition) is 1. The zero-order valence-corrected chi connectivity index (χ0v) is 16.1. The number of carbonyl (C=O) groups is 1. The Morgan fingerprint density at radius 3 is 2.73 bits per heavy atom. The fourth-order valence-electron chi connectivity index (χ4n) is 2.67. The van der Waals surface area contributed by atoms with Gasteiger partial charge in [0.2, 0.25) is 0 Å². The predicted molar refractivity (Wildman–Crippen MR) is 103 cm³/mol. The maximum absolute atomic E-state index is 12.3. The van der Waals surface area contributed by atoms with Crippen molar-refractivity contribution in [3.63, 3.8) is 0 Å². The molecule has 0 aliphatic rings. The summed E-state index contributed by atoms with van der Waals surface area (Å²) >= 11 is 1.53. The number of fused-ring (bicyclic) bond motifs is 1. The zero-order valence-electron chi connectivity index (χ0n) is 15.2. The second-order valence-electron chi connectivity index (χ2n) is 5.81. The molecule has 26 heavy (non-hydrogen) atoms. The van der Waals surface area contributed by atoms with E-state index in [0.717, 1.165) is 27.7 Å². The number of nitrogens with zero attached hydrogens (tertiary/aromatic N) is 2. The molecular weight excluding hydrogens is 350 g/mol. The molecule has 0 saturated heterocycles. The molecule has 0 saturated carbocycles. The Hall–Kier alpha value is -2.54. The van der Waals surface area contributed by atoms with Crippen LogP contribution in [-0.2, 0) is 6.42 Å². The van der Waals surface area contributed by atoms with E-state index < -0.39 is 0 Å². The quantitative estimate of drug-likeness (QED) is 0.657. The van der Waals surface area contributed by atoms with Gasteiger partial charge in [-0.15, -0.1) is 11.3 Å². The van der Waals surface area contributed by atoms with Crippen LogP contribution in [0.3, 0.4) is 0 Å². The Balaban J connectivity index is 1.59. The average Bonchev–Trinajstić information content (AvgIpc) is 3.20. The summed E-state index contributed by atoms with van der Waals surface area (Å²) in [5.41, 5.74) is 2.61. The topological polar surface area (TPSA) is 64.9 Å². The smallest absolute Gasteiger partial charge is 0.271 e. The lowest BCUT2D eigenvalue weighted by atomic mass is 10.1. The van der Waals surface area contributed by atoms with Crippen LogP contribution >= 0.6 is 11.3 Å². The van der Waals surface area contributed by atoms with Crippen molar-refractivity contribution in [3.05, 3.63) is 46.7 Å². The maximum Gasteiger partial charge on any atom is 0.271 e. The van der Waals surface area contributed by atoms with Crippen LogP contribution in [0.25, 0.3) is 4.96 Å². The van der Waals surface area contributed by atoms with E-state index in [0.29, 0.717) is 31.9 Å². The Kier molecular flexibility index (Phi) is 5.78. The number of amides is 1. The van der Waals surface area contributed by atoms with Crippen molar-refractivity contribution in [2.45, 2.75) is 27.2 Å². The fourth-order valence-corrected chi connectivity index (χ4v) is 3.52. The van der Waals surface area contributed by atoms with E-state index >= 15 is 0 Å². The average molecular weight is 373 g/mol. The van der Waals surface area contributed by atoms with Gasteiger partial charge in [-0.3, -0.25) is 9.20 Å². The molecule has 3 aromatic rings. The summed E-state index contributed by atoms with van der Waals surface area (Å²) in [5, 5.41) is 4.95. The van der Waals surface area contributed by atoms with Gasteiger partial charge in [-0.25, -0.2) is 4.98 Å². The van der Waals surface area contributed by atoms with Crippen molar-refractivity contribution >= 4 is 22.2 Å². The number of aromatic nitrogens is 2. The fraction of sp³-hybridized carbons (Fsp3) is 0.368. The third-order valence-corrected chi connectivity index (χ3v) is 4.89. The number of thiazole rings is 1. The minimum absolute atomic E-state index is 0.156. The lowest BCUT2D eigenvalue weighted by Gasteiger charge is -2.12. The Labute approximate surface area is 156 Å². The lowest BCUT2D eigenvalue weighted by Crippen LogP contribution is -2.26. The highest BCUT2D eigenvalue weighted by atomic mass is 32.1. The van der Waals surface area contributed by atoms with Gasteiger partial charge in [0.05, 0.1) is 13.2 Å². The second kappa shape index (κ2) is 8.23. The molecule has 0 fully saturated rings. The monoisotopic (exact) mass is 373 g/mol.